The van der Waals surface area contributed by atoms with Gasteiger partial charge in [-0.2, -0.15) is 5.26 Å². The summed E-state index contributed by atoms with van der Waals surface area (Å²) in [5.74, 6) is -0.592. The molecule has 0 aromatic heterocycles. The molecule has 1 aromatic carbocycles. The fourth-order valence-corrected chi connectivity index (χ4v) is 3.07. The molecule has 20 heavy (non-hydrogen) atoms. The van der Waals surface area contributed by atoms with E-state index in [4.69, 9.17) is 5.26 Å². The number of nitrogens with zero attached hydrogens (tertiary/aromatic N) is 2. The smallest absolute Gasteiger partial charge is 0.319 e. The van der Waals surface area contributed by atoms with Crippen LogP contribution in [-0.2, 0) is 16.8 Å². The molecular formula is C15H15N3O2. The third kappa shape index (κ3) is 1.61. The van der Waals surface area contributed by atoms with Gasteiger partial charge in [-0.3, -0.25) is 9.69 Å². The van der Waals surface area contributed by atoms with Crippen LogP contribution in [0.3, 0.4) is 0 Å². The van der Waals surface area contributed by atoms with Crippen LogP contribution in [0.4, 0.5) is 4.79 Å². The second-order valence-corrected chi connectivity index (χ2v) is 5.44. The number of urea groups is 1. The Balaban J connectivity index is 1.97. The van der Waals surface area contributed by atoms with E-state index in [0.29, 0.717) is 6.42 Å². The van der Waals surface area contributed by atoms with Crippen LogP contribution in [0.15, 0.2) is 24.3 Å². The van der Waals surface area contributed by atoms with Crippen LogP contribution in [0.1, 0.15) is 24.5 Å². The quantitative estimate of drug-likeness (QED) is 0.828. The predicted octanol–water partition coefficient (Wildman–Crippen LogP) is 1.54. The zero-order chi connectivity index (χ0) is 14.3. The Hall–Kier alpha value is -2.35. The molecule has 0 saturated carbocycles. The van der Waals surface area contributed by atoms with Crippen LogP contribution in [0.5, 0.6) is 0 Å². The van der Waals surface area contributed by atoms with Gasteiger partial charge in [-0.1, -0.05) is 24.3 Å². The molecule has 3 rings (SSSR count). The number of imide groups is 1. The van der Waals surface area contributed by atoms with Crippen molar-refractivity contribution in [2.45, 2.75) is 25.3 Å². The average molecular weight is 269 g/mol. The van der Waals surface area contributed by atoms with Crippen LogP contribution >= 0.6 is 0 Å². The predicted molar refractivity (Wildman–Crippen MR) is 71.5 cm³/mol. The highest BCUT2D eigenvalue weighted by atomic mass is 16.2. The highest BCUT2D eigenvalue weighted by molar-refractivity contribution is 6.08. The lowest BCUT2D eigenvalue weighted by Gasteiger charge is -2.22. The standard InChI is InChI=1S/C15H15N3O2/c1-10(8-16)9-18-13(19)15(17-14(18)20)7-6-11-4-2-3-5-12(11)15/h2-5,10H,6-7,9H2,1H3,(H,17,20)/t10-,15-/m1/s1. The first-order valence-corrected chi connectivity index (χ1v) is 6.70. The summed E-state index contributed by atoms with van der Waals surface area (Å²) < 4.78 is 0. The molecule has 102 valence electrons. The summed E-state index contributed by atoms with van der Waals surface area (Å²) >= 11 is 0. The molecule has 0 radical (unpaired) electrons. The lowest BCUT2D eigenvalue weighted by atomic mass is 9.92. The Morgan fingerprint density at radius 3 is 2.95 bits per heavy atom. The van der Waals surface area contributed by atoms with Crippen LogP contribution in [0.25, 0.3) is 0 Å². The van der Waals surface area contributed by atoms with E-state index in [2.05, 4.69) is 11.4 Å². The molecule has 1 N–H and O–H groups in total. The van der Waals surface area contributed by atoms with Crippen molar-refractivity contribution in [3.63, 3.8) is 0 Å². The molecule has 0 unspecified atom stereocenters. The van der Waals surface area contributed by atoms with Gasteiger partial charge in [0, 0.05) is 6.54 Å². The van der Waals surface area contributed by atoms with Gasteiger partial charge >= 0.3 is 6.03 Å². The Kier molecular flexibility index (Phi) is 2.75. The number of nitriles is 1. The molecule has 1 heterocycles. The van der Waals surface area contributed by atoms with E-state index < -0.39 is 11.6 Å². The normalized spacial score (nSPS) is 25.5. The molecule has 1 saturated heterocycles. The highest BCUT2D eigenvalue weighted by Crippen LogP contribution is 2.41. The number of fused-ring (bicyclic) bond motifs is 2. The third-order valence-corrected chi connectivity index (χ3v) is 4.10. The summed E-state index contributed by atoms with van der Waals surface area (Å²) in [6, 6.07) is 9.37. The minimum Gasteiger partial charge on any atom is -0.319 e. The van der Waals surface area contributed by atoms with E-state index in [1.807, 2.05) is 24.3 Å². The first kappa shape index (κ1) is 12.7. The van der Waals surface area contributed by atoms with Crippen molar-refractivity contribution in [3.8, 4) is 6.07 Å². The van der Waals surface area contributed by atoms with Crippen LogP contribution < -0.4 is 5.32 Å². The van der Waals surface area contributed by atoms with Gasteiger partial charge in [-0.25, -0.2) is 4.79 Å². The zero-order valence-corrected chi connectivity index (χ0v) is 11.2. The summed E-state index contributed by atoms with van der Waals surface area (Å²) in [5, 5.41) is 11.7. The van der Waals surface area contributed by atoms with Gasteiger partial charge in [0.2, 0.25) is 0 Å². The number of rotatable bonds is 2. The van der Waals surface area contributed by atoms with Crippen molar-refractivity contribution in [1.82, 2.24) is 10.2 Å². The summed E-state index contributed by atoms with van der Waals surface area (Å²) in [4.78, 5) is 26.0. The number of carbonyl (C=O) groups excluding carboxylic acids is 2. The van der Waals surface area contributed by atoms with Crippen LogP contribution in [0.2, 0.25) is 0 Å². The summed E-state index contributed by atoms with van der Waals surface area (Å²) in [7, 11) is 0. The summed E-state index contributed by atoms with van der Waals surface area (Å²) in [6.45, 7) is 1.85. The minimum absolute atomic E-state index is 0.144. The van der Waals surface area contributed by atoms with E-state index in [-0.39, 0.29) is 18.4 Å². The molecule has 1 aromatic rings. The molecule has 1 spiro atoms. The van der Waals surface area contributed by atoms with Gasteiger partial charge in [-0.05, 0) is 30.9 Å². The maximum absolute atomic E-state index is 12.7. The van der Waals surface area contributed by atoms with Gasteiger partial charge < -0.3 is 5.32 Å². The first-order valence-electron chi connectivity index (χ1n) is 6.70. The van der Waals surface area contributed by atoms with E-state index in [1.165, 1.54) is 4.90 Å². The van der Waals surface area contributed by atoms with Crippen LogP contribution in [-0.4, -0.2) is 23.4 Å². The lowest BCUT2D eigenvalue weighted by molar-refractivity contribution is -0.131. The van der Waals surface area contributed by atoms with Gasteiger partial charge in [-0.15, -0.1) is 0 Å². The second-order valence-electron chi connectivity index (χ2n) is 5.44. The Bertz CT molecular complexity index is 634. The number of aryl methyl sites for hydroxylation is 1. The second kappa shape index (κ2) is 4.34. The zero-order valence-electron chi connectivity index (χ0n) is 11.2. The van der Waals surface area contributed by atoms with Gasteiger partial charge in [0.05, 0.1) is 12.0 Å². The number of carbonyl (C=O) groups is 2. The molecule has 5 heteroatoms. The van der Waals surface area contributed by atoms with E-state index >= 15 is 0 Å². The Labute approximate surface area is 117 Å². The molecule has 1 aliphatic heterocycles. The lowest BCUT2D eigenvalue weighted by Crippen LogP contribution is -2.42. The highest BCUT2D eigenvalue weighted by Gasteiger charge is 2.55. The topological polar surface area (TPSA) is 73.2 Å². The summed E-state index contributed by atoms with van der Waals surface area (Å²) in [5.41, 5.74) is 1.09. The number of hydrogen-bond donors (Lipinski definition) is 1. The maximum atomic E-state index is 12.7. The van der Waals surface area contributed by atoms with Crippen molar-refractivity contribution in [2.24, 2.45) is 5.92 Å². The maximum Gasteiger partial charge on any atom is 0.325 e. The van der Waals surface area contributed by atoms with E-state index in [1.54, 1.807) is 6.92 Å². The number of hydrogen-bond acceptors (Lipinski definition) is 3. The molecule has 2 atom stereocenters. The molecule has 5 nitrogen and oxygen atoms in total. The molecule has 1 aliphatic carbocycles. The van der Waals surface area contributed by atoms with Crippen molar-refractivity contribution >= 4 is 11.9 Å². The summed E-state index contributed by atoms with van der Waals surface area (Å²) in [6.07, 6.45) is 1.37. The monoisotopic (exact) mass is 269 g/mol. The largest absolute Gasteiger partial charge is 0.325 e. The van der Waals surface area contributed by atoms with Crippen molar-refractivity contribution < 1.29 is 9.59 Å². The van der Waals surface area contributed by atoms with Crippen molar-refractivity contribution in [2.75, 3.05) is 6.54 Å². The molecule has 0 bridgehead atoms. The number of nitrogens with one attached hydrogen (secondary N) is 1. The fourth-order valence-electron chi connectivity index (χ4n) is 3.07. The molecular weight excluding hydrogens is 254 g/mol. The third-order valence-electron chi connectivity index (χ3n) is 4.10. The minimum atomic E-state index is -0.914. The Morgan fingerprint density at radius 1 is 1.45 bits per heavy atom. The van der Waals surface area contributed by atoms with E-state index in [9.17, 15) is 9.59 Å². The average Bonchev–Trinajstić information content (AvgIpc) is 2.94. The fraction of sp³-hybridized carbons (Fsp3) is 0.400. The van der Waals surface area contributed by atoms with Gasteiger partial charge in [0.25, 0.3) is 5.91 Å². The molecule has 2 aliphatic rings. The molecule has 3 amide bonds. The number of amides is 3. The molecule has 1 fully saturated rings. The number of benzene rings is 1. The SMILES string of the molecule is C[C@H](C#N)CN1C(=O)N[C@@]2(CCc3ccccc32)C1=O. The van der Waals surface area contributed by atoms with Crippen molar-refractivity contribution in [1.29, 1.82) is 5.26 Å². The van der Waals surface area contributed by atoms with Crippen molar-refractivity contribution in [3.05, 3.63) is 35.4 Å². The van der Waals surface area contributed by atoms with E-state index in [0.717, 1.165) is 17.5 Å². The first-order chi connectivity index (χ1) is 9.58. The Morgan fingerprint density at radius 2 is 2.20 bits per heavy atom. The van der Waals surface area contributed by atoms with Crippen LogP contribution in [0, 0.1) is 17.2 Å². The van der Waals surface area contributed by atoms with Gasteiger partial charge in [0.15, 0.2) is 0 Å². The van der Waals surface area contributed by atoms with Gasteiger partial charge in [0.1, 0.15) is 5.54 Å².